The summed E-state index contributed by atoms with van der Waals surface area (Å²) in [7, 11) is 1.90. The highest BCUT2D eigenvalue weighted by atomic mass is 16.5. The van der Waals surface area contributed by atoms with E-state index in [1.54, 1.807) is 0 Å². The zero-order chi connectivity index (χ0) is 19.2. The van der Waals surface area contributed by atoms with Crippen LogP contribution in [0.5, 0.6) is 0 Å². The van der Waals surface area contributed by atoms with E-state index in [0.717, 1.165) is 68.5 Å². The molecule has 3 rings (SSSR count). The first-order valence-corrected chi connectivity index (χ1v) is 9.88. The highest BCUT2D eigenvalue weighted by Gasteiger charge is 2.29. The van der Waals surface area contributed by atoms with Crippen LogP contribution in [0.4, 0.5) is 11.4 Å². The molecule has 2 aliphatic heterocycles. The van der Waals surface area contributed by atoms with Gasteiger partial charge in [-0.3, -0.25) is 9.59 Å². The number of likely N-dealkylation sites (N-methyl/N-ethyl adjacent to an activating group) is 1. The van der Waals surface area contributed by atoms with Gasteiger partial charge in [-0.1, -0.05) is 0 Å². The number of anilines is 2. The number of benzene rings is 1. The normalized spacial score (nSPS) is 19.6. The molecule has 2 aliphatic rings. The summed E-state index contributed by atoms with van der Waals surface area (Å²) in [5, 5.41) is 2.94. The maximum Gasteiger partial charge on any atom is 0.280 e. The number of hydrogen-bond acceptors (Lipinski definition) is 4. The van der Waals surface area contributed by atoms with Crippen LogP contribution >= 0.6 is 0 Å². The molecule has 2 amide bonds. The van der Waals surface area contributed by atoms with E-state index in [-0.39, 0.29) is 24.4 Å². The quantitative estimate of drug-likeness (QED) is 0.734. The molecule has 2 atom stereocenters. The van der Waals surface area contributed by atoms with Gasteiger partial charge in [0.2, 0.25) is 0 Å². The smallest absolute Gasteiger partial charge is 0.280 e. The van der Waals surface area contributed by atoms with Gasteiger partial charge in [-0.2, -0.15) is 0 Å². The van der Waals surface area contributed by atoms with Crippen LogP contribution in [0, 0.1) is 0 Å². The summed E-state index contributed by atoms with van der Waals surface area (Å²) < 4.78 is 5.38. The van der Waals surface area contributed by atoms with Gasteiger partial charge in [-0.15, -0.1) is 0 Å². The zero-order valence-corrected chi connectivity index (χ0v) is 16.4. The van der Waals surface area contributed by atoms with Crippen LogP contribution in [0.2, 0.25) is 0 Å². The second kappa shape index (κ2) is 9.19. The van der Waals surface area contributed by atoms with Gasteiger partial charge >= 0.3 is 0 Å². The van der Waals surface area contributed by atoms with E-state index in [4.69, 9.17) is 4.74 Å². The average Bonchev–Trinajstić information content (AvgIpc) is 3.22. The molecular weight excluding hydrogens is 344 g/mol. The number of likely N-dealkylation sites (tertiary alicyclic amines) is 1. The van der Waals surface area contributed by atoms with E-state index in [0.29, 0.717) is 0 Å². The van der Waals surface area contributed by atoms with E-state index < -0.39 is 0 Å². The van der Waals surface area contributed by atoms with Crippen molar-refractivity contribution in [2.45, 2.75) is 25.8 Å². The van der Waals surface area contributed by atoms with E-state index >= 15 is 0 Å². The number of rotatable bonds is 6. The number of ether oxygens (including phenoxy) is 1. The molecule has 2 heterocycles. The first-order valence-electron chi connectivity index (χ1n) is 9.88. The molecule has 2 N–H and O–H groups in total. The van der Waals surface area contributed by atoms with E-state index in [2.05, 4.69) is 10.2 Å². The Labute approximate surface area is 161 Å². The first kappa shape index (κ1) is 19.6. The second-order valence-corrected chi connectivity index (χ2v) is 7.47. The fraction of sp³-hybridized carbons (Fsp3) is 0.600. The molecule has 0 saturated carbocycles. The zero-order valence-electron chi connectivity index (χ0n) is 16.4. The third-order valence-electron chi connectivity index (χ3n) is 5.49. The fourth-order valence-corrected chi connectivity index (χ4v) is 3.61. The standard InChI is InChI=1S/C20H30N4O3/c1-16(20(26)24-9-3-4-10-24)22(2)15-19(25)21-17-5-7-18(8-6-17)23-11-13-27-14-12-23/h5-8,16H,3-4,9-15H2,1-2H3,(H,21,25)/p+1/t16-/m1/s1. The van der Waals surface area contributed by atoms with Crippen LogP contribution in [0.25, 0.3) is 0 Å². The summed E-state index contributed by atoms with van der Waals surface area (Å²) in [5.74, 6) is 0.0698. The number of nitrogens with zero attached hydrogens (tertiary/aromatic N) is 2. The lowest BCUT2D eigenvalue weighted by Crippen LogP contribution is -3.15. The van der Waals surface area contributed by atoms with Crippen molar-refractivity contribution in [1.82, 2.24) is 4.90 Å². The third kappa shape index (κ3) is 5.20. The summed E-state index contributed by atoms with van der Waals surface area (Å²) in [6, 6.07) is 7.69. The predicted octanol–water partition coefficient (Wildman–Crippen LogP) is -0.0127. The Balaban J connectivity index is 1.48. The van der Waals surface area contributed by atoms with Crippen LogP contribution in [-0.2, 0) is 14.3 Å². The van der Waals surface area contributed by atoms with Crippen molar-refractivity contribution in [3.8, 4) is 0 Å². The Morgan fingerprint density at radius 3 is 2.37 bits per heavy atom. The molecule has 7 nitrogen and oxygen atoms in total. The molecule has 7 heteroatoms. The molecule has 2 fully saturated rings. The number of quaternary nitrogens is 1. The van der Waals surface area contributed by atoms with Crippen molar-refractivity contribution in [1.29, 1.82) is 0 Å². The highest BCUT2D eigenvalue weighted by Crippen LogP contribution is 2.18. The van der Waals surface area contributed by atoms with Gasteiger partial charge in [-0.25, -0.2) is 0 Å². The minimum Gasteiger partial charge on any atom is -0.378 e. The molecule has 27 heavy (non-hydrogen) atoms. The average molecular weight is 375 g/mol. The van der Waals surface area contributed by atoms with Crippen molar-refractivity contribution in [2.24, 2.45) is 0 Å². The number of carbonyl (C=O) groups excluding carboxylic acids is 2. The van der Waals surface area contributed by atoms with Gasteiger partial charge in [0.1, 0.15) is 0 Å². The van der Waals surface area contributed by atoms with Crippen LogP contribution in [0.15, 0.2) is 24.3 Å². The second-order valence-electron chi connectivity index (χ2n) is 7.47. The van der Waals surface area contributed by atoms with Crippen LogP contribution in [0.1, 0.15) is 19.8 Å². The SMILES string of the molecule is C[C@H](C(=O)N1CCCC1)[NH+](C)CC(=O)Nc1ccc(N2CCOCC2)cc1. The van der Waals surface area contributed by atoms with Gasteiger partial charge in [0.05, 0.1) is 20.3 Å². The van der Waals surface area contributed by atoms with E-state index in [9.17, 15) is 9.59 Å². The van der Waals surface area contributed by atoms with Crippen molar-refractivity contribution >= 4 is 23.2 Å². The number of morpholine rings is 1. The Bertz CT molecular complexity index is 637. The molecule has 0 bridgehead atoms. The molecule has 0 aliphatic carbocycles. The summed E-state index contributed by atoms with van der Waals surface area (Å²) in [6.45, 7) is 7.15. The van der Waals surface area contributed by atoms with Crippen LogP contribution in [-0.4, -0.2) is 75.7 Å². The molecule has 0 aromatic heterocycles. The van der Waals surface area contributed by atoms with E-state index in [1.807, 2.05) is 43.1 Å². The van der Waals surface area contributed by atoms with Crippen molar-refractivity contribution in [3.05, 3.63) is 24.3 Å². The Kier molecular flexibility index (Phi) is 6.68. The van der Waals surface area contributed by atoms with Gasteiger partial charge < -0.3 is 24.8 Å². The lowest BCUT2D eigenvalue weighted by molar-refractivity contribution is -0.886. The van der Waals surface area contributed by atoms with Crippen molar-refractivity contribution in [2.75, 3.05) is 63.2 Å². The van der Waals surface area contributed by atoms with Gasteiger partial charge in [0.25, 0.3) is 11.8 Å². The maximum atomic E-state index is 12.5. The number of amides is 2. The topological polar surface area (TPSA) is 66.3 Å². The molecule has 148 valence electrons. The molecule has 1 aromatic carbocycles. The molecule has 1 aromatic rings. The van der Waals surface area contributed by atoms with Crippen LogP contribution < -0.4 is 15.1 Å². The maximum absolute atomic E-state index is 12.5. The van der Waals surface area contributed by atoms with Gasteiger partial charge in [0, 0.05) is 37.6 Å². The van der Waals surface area contributed by atoms with Gasteiger partial charge in [0.15, 0.2) is 12.6 Å². The molecule has 0 radical (unpaired) electrons. The minimum absolute atomic E-state index is 0.0762. The number of nitrogens with one attached hydrogen (secondary N) is 2. The monoisotopic (exact) mass is 375 g/mol. The summed E-state index contributed by atoms with van der Waals surface area (Å²) in [4.78, 5) is 29.9. The molecular formula is C20H31N4O3+. The number of carbonyl (C=O) groups is 2. The number of hydrogen-bond donors (Lipinski definition) is 2. The lowest BCUT2D eigenvalue weighted by Gasteiger charge is -2.29. The molecule has 1 unspecified atom stereocenters. The molecule has 0 spiro atoms. The highest BCUT2D eigenvalue weighted by molar-refractivity contribution is 5.91. The Morgan fingerprint density at radius 2 is 1.74 bits per heavy atom. The molecule has 2 saturated heterocycles. The summed E-state index contributed by atoms with van der Waals surface area (Å²) in [5.41, 5.74) is 1.92. The van der Waals surface area contributed by atoms with Crippen molar-refractivity contribution < 1.29 is 19.2 Å². The van der Waals surface area contributed by atoms with Gasteiger partial charge in [-0.05, 0) is 44.0 Å². The minimum atomic E-state index is -0.211. The fourth-order valence-electron chi connectivity index (χ4n) is 3.61. The van der Waals surface area contributed by atoms with Crippen molar-refractivity contribution in [3.63, 3.8) is 0 Å². The largest absolute Gasteiger partial charge is 0.378 e. The van der Waals surface area contributed by atoms with Crippen LogP contribution in [0.3, 0.4) is 0 Å². The van der Waals surface area contributed by atoms with E-state index in [1.165, 1.54) is 0 Å². The third-order valence-corrected chi connectivity index (χ3v) is 5.49. The Hall–Kier alpha value is -2.12. The Morgan fingerprint density at radius 1 is 1.11 bits per heavy atom. The first-order chi connectivity index (χ1) is 13.0. The lowest BCUT2D eigenvalue weighted by atomic mass is 10.2. The predicted molar refractivity (Wildman–Crippen MR) is 105 cm³/mol. The summed E-state index contributed by atoms with van der Waals surface area (Å²) >= 11 is 0. The summed E-state index contributed by atoms with van der Waals surface area (Å²) in [6.07, 6.45) is 2.16.